The fraction of sp³-hybridized carbons (Fsp3) is 0.250. The van der Waals surface area contributed by atoms with Crippen molar-refractivity contribution in [2.24, 2.45) is 0 Å². The SMILES string of the molecule is COc1ccc2c(c1)CCNC2c1cc(Br)ccc1Br. The van der Waals surface area contributed by atoms with Gasteiger partial charge < -0.3 is 10.1 Å². The van der Waals surface area contributed by atoms with Crippen LogP contribution in [-0.4, -0.2) is 13.7 Å². The third kappa shape index (κ3) is 2.65. The Labute approximate surface area is 135 Å². The minimum Gasteiger partial charge on any atom is -0.497 e. The van der Waals surface area contributed by atoms with Crippen molar-refractivity contribution >= 4 is 31.9 Å². The van der Waals surface area contributed by atoms with Crippen LogP contribution in [0.25, 0.3) is 0 Å². The zero-order valence-electron chi connectivity index (χ0n) is 11.1. The molecule has 0 saturated carbocycles. The Morgan fingerprint density at radius 1 is 1.10 bits per heavy atom. The average Bonchev–Trinajstić information content (AvgIpc) is 2.48. The maximum Gasteiger partial charge on any atom is 0.119 e. The Morgan fingerprint density at radius 2 is 1.95 bits per heavy atom. The lowest BCUT2D eigenvalue weighted by Crippen LogP contribution is -2.30. The highest BCUT2D eigenvalue weighted by molar-refractivity contribution is 9.11. The van der Waals surface area contributed by atoms with Crippen LogP contribution in [0.4, 0.5) is 0 Å². The lowest BCUT2D eigenvalue weighted by molar-refractivity contribution is 0.413. The van der Waals surface area contributed by atoms with E-state index < -0.39 is 0 Å². The fourth-order valence-corrected chi connectivity index (χ4v) is 3.54. The van der Waals surface area contributed by atoms with Crippen molar-refractivity contribution in [2.45, 2.75) is 12.5 Å². The van der Waals surface area contributed by atoms with Crippen LogP contribution in [0.15, 0.2) is 45.3 Å². The average molecular weight is 397 g/mol. The maximum atomic E-state index is 5.33. The Balaban J connectivity index is 2.07. The summed E-state index contributed by atoms with van der Waals surface area (Å²) < 4.78 is 7.55. The largest absolute Gasteiger partial charge is 0.497 e. The van der Waals surface area contributed by atoms with Crippen molar-refractivity contribution in [3.63, 3.8) is 0 Å². The van der Waals surface area contributed by atoms with E-state index >= 15 is 0 Å². The number of rotatable bonds is 2. The Kier molecular flexibility index (Phi) is 4.15. The molecule has 0 fully saturated rings. The molecule has 1 N–H and O–H groups in total. The van der Waals surface area contributed by atoms with E-state index in [4.69, 9.17) is 4.74 Å². The molecule has 1 aliphatic rings. The molecule has 0 saturated heterocycles. The molecule has 0 amide bonds. The molecule has 1 atom stereocenters. The molecule has 3 rings (SSSR count). The van der Waals surface area contributed by atoms with Crippen LogP contribution in [0.5, 0.6) is 5.75 Å². The van der Waals surface area contributed by atoms with Crippen molar-refractivity contribution < 1.29 is 4.74 Å². The minimum absolute atomic E-state index is 0.219. The van der Waals surface area contributed by atoms with Crippen LogP contribution in [0.1, 0.15) is 22.7 Å². The third-order valence-corrected chi connectivity index (χ3v) is 4.89. The number of hydrogen-bond donors (Lipinski definition) is 1. The van der Waals surface area contributed by atoms with Gasteiger partial charge in [0.05, 0.1) is 13.2 Å². The van der Waals surface area contributed by atoms with Crippen molar-refractivity contribution in [2.75, 3.05) is 13.7 Å². The fourth-order valence-electron chi connectivity index (χ4n) is 2.68. The smallest absolute Gasteiger partial charge is 0.119 e. The zero-order valence-corrected chi connectivity index (χ0v) is 14.3. The Hall–Kier alpha value is -0.840. The van der Waals surface area contributed by atoms with Gasteiger partial charge in [-0.05, 0) is 53.4 Å². The summed E-state index contributed by atoms with van der Waals surface area (Å²) in [6, 6.07) is 12.9. The standard InChI is InChI=1S/C16H15Br2NO/c1-20-12-3-4-13-10(8-12)6-7-19-16(13)14-9-11(17)2-5-15(14)18/h2-5,8-9,16,19H,6-7H2,1H3. The molecule has 1 unspecified atom stereocenters. The molecule has 1 heterocycles. The van der Waals surface area contributed by atoms with E-state index in [0.29, 0.717) is 0 Å². The van der Waals surface area contributed by atoms with Crippen LogP contribution in [0.3, 0.4) is 0 Å². The molecular weight excluding hydrogens is 382 g/mol. The third-order valence-electron chi connectivity index (χ3n) is 3.67. The summed E-state index contributed by atoms with van der Waals surface area (Å²) in [5.41, 5.74) is 3.95. The minimum atomic E-state index is 0.219. The van der Waals surface area contributed by atoms with E-state index in [1.165, 1.54) is 16.7 Å². The van der Waals surface area contributed by atoms with Crippen molar-refractivity contribution in [1.82, 2.24) is 5.32 Å². The highest BCUT2D eigenvalue weighted by Crippen LogP contribution is 2.35. The first-order valence-electron chi connectivity index (χ1n) is 6.54. The van der Waals surface area contributed by atoms with E-state index in [1.54, 1.807) is 7.11 Å². The summed E-state index contributed by atoms with van der Waals surface area (Å²) >= 11 is 7.22. The molecule has 2 aromatic carbocycles. The molecule has 0 spiro atoms. The lowest BCUT2D eigenvalue weighted by atomic mass is 9.90. The van der Waals surface area contributed by atoms with Crippen LogP contribution in [0, 0.1) is 0 Å². The highest BCUT2D eigenvalue weighted by Gasteiger charge is 2.23. The molecule has 4 heteroatoms. The van der Waals surface area contributed by atoms with Crippen molar-refractivity contribution in [3.05, 3.63) is 62.0 Å². The second-order valence-electron chi connectivity index (χ2n) is 4.87. The molecule has 20 heavy (non-hydrogen) atoms. The van der Waals surface area contributed by atoms with Gasteiger partial charge in [0.1, 0.15) is 5.75 Å². The summed E-state index contributed by atoms with van der Waals surface area (Å²) in [6.07, 6.45) is 1.04. The first-order valence-corrected chi connectivity index (χ1v) is 8.13. The Bertz CT molecular complexity index is 642. The van der Waals surface area contributed by atoms with Crippen molar-refractivity contribution in [3.8, 4) is 5.75 Å². The number of fused-ring (bicyclic) bond motifs is 1. The van der Waals surface area contributed by atoms with Crippen LogP contribution in [-0.2, 0) is 6.42 Å². The number of nitrogens with one attached hydrogen (secondary N) is 1. The van der Waals surface area contributed by atoms with Gasteiger partial charge in [-0.25, -0.2) is 0 Å². The second kappa shape index (κ2) is 5.88. The first kappa shape index (κ1) is 14.1. The van der Waals surface area contributed by atoms with Gasteiger partial charge in [-0.15, -0.1) is 0 Å². The van der Waals surface area contributed by atoms with Crippen LogP contribution in [0.2, 0.25) is 0 Å². The molecule has 0 bridgehead atoms. The van der Waals surface area contributed by atoms with E-state index in [0.717, 1.165) is 27.7 Å². The summed E-state index contributed by atoms with van der Waals surface area (Å²) in [7, 11) is 1.71. The normalized spacial score (nSPS) is 17.6. The number of ether oxygens (including phenoxy) is 1. The number of methoxy groups -OCH3 is 1. The summed E-state index contributed by atoms with van der Waals surface area (Å²) in [4.78, 5) is 0. The van der Waals surface area contributed by atoms with Gasteiger partial charge in [-0.3, -0.25) is 0 Å². The molecule has 0 aliphatic carbocycles. The molecular formula is C16H15Br2NO. The van der Waals surface area contributed by atoms with Gasteiger partial charge in [0.2, 0.25) is 0 Å². The molecule has 0 radical (unpaired) electrons. The predicted octanol–water partition coefficient (Wildman–Crippen LogP) is 4.46. The monoisotopic (exact) mass is 395 g/mol. The van der Waals surface area contributed by atoms with Crippen LogP contribution >= 0.6 is 31.9 Å². The number of hydrogen-bond acceptors (Lipinski definition) is 2. The molecule has 2 nitrogen and oxygen atoms in total. The van der Waals surface area contributed by atoms with E-state index in [9.17, 15) is 0 Å². The van der Waals surface area contributed by atoms with E-state index in [2.05, 4.69) is 61.4 Å². The molecule has 2 aromatic rings. The first-order chi connectivity index (χ1) is 9.69. The molecule has 104 valence electrons. The van der Waals surface area contributed by atoms with Gasteiger partial charge in [0, 0.05) is 15.5 Å². The van der Waals surface area contributed by atoms with Gasteiger partial charge in [-0.1, -0.05) is 37.9 Å². The van der Waals surface area contributed by atoms with Gasteiger partial charge in [0.15, 0.2) is 0 Å². The van der Waals surface area contributed by atoms with Crippen molar-refractivity contribution in [1.29, 1.82) is 0 Å². The zero-order chi connectivity index (χ0) is 14.1. The van der Waals surface area contributed by atoms with Gasteiger partial charge >= 0.3 is 0 Å². The van der Waals surface area contributed by atoms with Crippen LogP contribution < -0.4 is 10.1 Å². The van der Waals surface area contributed by atoms with E-state index in [1.807, 2.05) is 12.1 Å². The van der Waals surface area contributed by atoms with Gasteiger partial charge in [-0.2, -0.15) is 0 Å². The van der Waals surface area contributed by atoms with Gasteiger partial charge in [0.25, 0.3) is 0 Å². The highest BCUT2D eigenvalue weighted by atomic mass is 79.9. The Morgan fingerprint density at radius 3 is 2.75 bits per heavy atom. The predicted molar refractivity (Wildman–Crippen MR) is 88.4 cm³/mol. The molecule has 1 aliphatic heterocycles. The second-order valence-corrected chi connectivity index (χ2v) is 6.64. The summed E-state index contributed by atoms with van der Waals surface area (Å²) in [6.45, 7) is 0.976. The van der Waals surface area contributed by atoms with E-state index in [-0.39, 0.29) is 6.04 Å². The molecule has 0 aromatic heterocycles. The topological polar surface area (TPSA) is 21.3 Å². The number of halogens is 2. The summed E-state index contributed by atoms with van der Waals surface area (Å²) in [5, 5.41) is 3.61. The maximum absolute atomic E-state index is 5.33. The quantitative estimate of drug-likeness (QED) is 0.809. The summed E-state index contributed by atoms with van der Waals surface area (Å²) in [5.74, 6) is 0.928. The number of benzene rings is 2. The lowest BCUT2D eigenvalue weighted by Gasteiger charge is -2.28.